The number of anilines is 2. The summed E-state index contributed by atoms with van der Waals surface area (Å²) in [6, 6.07) is 16.4. The molecule has 1 unspecified atom stereocenters. The summed E-state index contributed by atoms with van der Waals surface area (Å²) in [5, 5.41) is 3.52. The van der Waals surface area contributed by atoms with Gasteiger partial charge in [-0.15, -0.1) is 0 Å². The van der Waals surface area contributed by atoms with E-state index >= 15 is 0 Å². The quantitative estimate of drug-likeness (QED) is 0.629. The third-order valence-corrected chi connectivity index (χ3v) is 6.77. The minimum atomic E-state index is -1.16. The summed E-state index contributed by atoms with van der Waals surface area (Å²) < 4.78 is 13.1. The van der Waals surface area contributed by atoms with Crippen molar-refractivity contribution in [2.24, 2.45) is 0 Å². The van der Waals surface area contributed by atoms with Crippen molar-refractivity contribution in [2.75, 3.05) is 18.0 Å². The molecular formula is C23H25N3OS. The fourth-order valence-corrected chi connectivity index (χ4v) is 5.06. The summed E-state index contributed by atoms with van der Waals surface area (Å²) in [4.78, 5) is 8.35. The van der Waals surface area contributed by atoms with Gasteiger partial charge in [-0.1, -0.05) is 36.4 Å². The number of aryl methyl sites for hydroxylation is 1. The minimum Gasteiger partial charge on any atom is -0.338 e. The number of rotatable bonds is 6. The zero-order valence-corrected chi connectivity index (χ0v) is 17.1. The van der Waals surface area contributed by atoms with E-state index in [9.17, 15) is 4.21 Å². The van der Waals surface area contributed by atoms with Crippen LogP contribution in [0.5, 0.6) is 0 Å². The first kappa shape index (κ1) is 18.8. The average molecular weight is 392 g/mol. The van der Waals surface area contributed by atoms with Crippen LogP contribution in [0.3, 0.4) is 0 Å². The van der Waals surface area contributed by atoms with Gasteiger partial charge < -0.3 is 10.2 Å². The molecule has 1 atom stereocenters. The molecule has 1 N–H and O–H groups in total. The predicted octanol–water partition coefficient (Wildman–Crippen LogP) is 4.50. The Hall–Kier alpha value is -2.50. The van der Waals surface area contributed by atoms with E-state index in [0.29, 0.717) is 0 Å². The number of aromatic nitrogens is 1. The van der Waals surface area contributed by atoms with Gasteiger partial charge in [0.05, 0.1) is 38.2 Å². The Kier molecular flexibility index (Phi) is 5.55. The molecule has 3 aromatic rings. The number of pyridine rings is 1. The van der Waals surface area contributed by atoms with E-state index in [4.69, 9.17) is 0 Å². The van der Waals surface area contributed by atoms with E-state index in [2.05, 4.69) is 59.4 Å². The molecule has 4 nitrogen and oxygen atoms in total. The molecule has 0 fully saturated rings. The normalized spacial score (nSPS) is 15.2. The standard InChI is InChI=1S/C23H25N3OS/c1-17-9-10-22-23(18(17)2)26(20-16-25-13-11-21(20)28(22)27)14-6-12-24-15-19-7-4-3-5-8-19/h3-5,7-11,13,16,24H,6,12,14-15H2,1-2H3. The Morgan fingerprint density at radius 2 is 1.86 bits per heavy atom. The van der Waals surface area contributed by atoms with Crippen LogP contribution in [0, 0.1) is 13.8 Å². The maximum Gasteiger partial charge on any atom is 0.0893 e. The molecule has 2 aromatic carbocycles. The zero-order chi connectivity index (χ0) is 19.5. The van der Waals surface area contributed by atoms with Gasteiger partial charge in [0.2, 0.25) is 0 Å². The molecule has 28 heavy (non-hydrogen) atoms. The molecule has 4 rings (SSSR count). The number of fused-ring (bicyclic) bond motifs is 2. The van der Waals surface area contributed by atoms with E-state index in [0.717, 1.165) is 47.2 Å². The molecule has 0 spiro atoms. The highest BCUT2D eigenvalue weighted by molar-refractivity contribution is 7.85. The topological polar surface area (TPSA) is 45.2 Å². The number of nitrogens with zero attached hydrogens (tertiary/aromatic N) is 2. The van der Waals surface area contributed by atoms with Gasteiger partial charge in [-0.3, -0.25) is 4.98 Å². The van der Waals surface area contributed by atoms with Crippen LogP contribution >= 0.6 is 0 Å². The van der Waals surface area contributed by atoms with Crippen LogP contribution in [0.25, 0.3) is 0 Å². The molecule has 0 saturated carbocycles. The summed E-state index contributed by atoms with van der Waals surface area (Å²) in [6.45, 7) is 6.88. The largest absolute Gasteiger partial charge is 0.338 e. The highest BCUT2D eigenvalue weighted by Crippen LogP contribution is 2.43. The number of hydrogen-bond donors (Lipinski definition) is 1. The van der Waals surface area contributed by atoms with Crippen LogP contribution in [0.4, 0.5) is 11.4 Å². The van der Waals surface area contributed by atoms with Crippen LogP contribution < -0.4 is 10.2 Å². The molecular weight excluding hydrogens is 366 g/mol. The zero-order valence-electron chi connectivity index (χ0n) is 16.3. The van der Waals surface area contributed by atoms with Gasteiger partial charge in [-0.05, 0) is 55.6 Å². The van der Waals surface area contributed by atoms with Gasteiger partial charge in [-0.25, -0.2) is 4.21 Å². The third-order valence-electron chi connectivity index (χ3n) is 5.29. The molecule has 0 radical (unpaired) electrons. The Morgan fingerprint density at radius 1 is 1.04 bits per heavy atom. The van der Waals surface area contributed by atoms with Gasteiger partial charge in [0.15, 0.2) is 0 Å². The molecule has 0 bridgehead atoms. The average Bonchev–Trinajstić information content (AvgIpc) is 2.73. The highest BCUT2D eigenvalue weighted by atomic mass is 32.2. The third kappa shape index (κ3) is 3.60. The predicted molar refractivity (Wildman–Crippen MR) is 115 cm³/mol. The van der Waals surface area contributed by atoms with E-state index in [-0.39, 0.29) is 0 Å². The Morgan fingerprint density at radius 3 is 2.68 bits per heavy atom. The van der Waals surface area contributed by atoms with Crippen LogP contribution in [-0.2, 0) is 17.3 Å². The molecule has 5 heteroatoms. The lowest BCUT2D eigenvalue weighted by Crippen LogP contribution is -2.28. The van der Waals surface area contributed by atoms with Gasteiger partial charge in [0, 0.05) is 19.3 Å². The Labute approximate surface area is 169 Å². The fraction of sp³-hybridized carbons (Fsp3) is 0.261. The second-order valence-electron chi connectivity index (χ2n) is 7.13. The summed E-state index contributed by atoms with van der Waals surface area (Å²) in [5.41, 5.74) is 5.75. The molecule has 2 heterocycles. The first-order valence-electron chi connectivity index (χ1n) is 9.65. The minimum absolute atomic E-state index is 0.850. The molecule has 0 aliphatic carbocycles. The summed E-state index contributed by atoms with van der Waals surface area (Å²) in [5.74, 6) is 0. The van der Waals surface area contributed by atoms with Crippen molar-refractivity contribution in [2.45, 2.75) is 36.6 Å². The number of hydrogen-bond acceptors (Lipinski definition) is 4. The van der Waals surface area contributed by atoms with Crippen LogP contribution in [0.2, 0.25) is 0 Å². The second-order valence-corrected chi connectivity index (χ2v) is 8.55. The van der Waals surface area contributed by atoms with Crippen LogP contribution in [-0.4, -0.2) is 22.3 Å². The van der Waals surface area contributed by atoms with Crippen molar-refractivity contribution in [3.05, 3.63) is 77.6 Å². The van der Waals surface area contributed by atoms with E-state index in [1.807, 2.05) is 24.4 Å². The van der Waals surface area contributed by atoms with E-state index in [1.54, 1.807) is 6.20 Å². The lowest BCUT2D eigenvalue weighted by Gasteiger charge is -2.34. The summed E-state index contributed by atoms with van der Waals surface area (Å²) in [6.07, 6.45) is 4.55. The van der Waals surface area contributed by atoms with Gasteiger partial charge in [-0.2, -0.15) is 0 Å². The lowest BCUT2D eigenvalue weighted by atomic mass is 10.1. The SMILES string of the molecule is Cc1ccc2c(c1C)N(CCCNCc1ccccc1)c1cnccc1S2=O. The van der Waals surface area contributed by atoms with E-state index in [1.165, 1.54) is 16.7 Å². The second kappa shape index (κ2) is 8.25. The maximum atomic E-state index is 13.1. The van der Waals surface area contributed by atoms with Crippen molar-refractivity contribution in [1.82, 2.24) is 10.3 Å². The molecule has 1 aliphatic rings. The van der Waals surface area contributed by atoms with Gasteiger partial charge in [0.25, 0.3) is 0 Å². The monoisotopic (exact) mass is 391 g/mol. The first-order chi connectivity index (χ1) is 13.7. The molecule has 0 saturated heterocycles. The molecule has 144 valence electrons. The number of nitrogens with one attached hydrogen (secondary N) is 1. The van der Waals surface area contributed by atoms with Crippen molar-refractivity contribution >= 4 is 22.2 Å². The number of benzene rings is 2. The van der Waals surface area contributed by atoms with Crippen molar-refractivity contribution in [1.29, 1.82) is 0 Å². The van der Waals surface area contributed by atoms with Gasteiger partial charge in [0.1, 0.15) is 0 Å². The van der Waals surface area contributed by atoms with Crippen LogP contribution in [0.15, 0.2) is 70.7 Å². The van der Waals surface area contributed by atoms with Crippen LogP contribution in [0.1, 0.15) is 23.1 Å². The summed E-state index contributed by atoms with van der Waals surface area (Å²) in [7, 11) is -1.16. The molecule has 0 amide bonds. The van der Waals surface area contributed by atoms with Crippen molar-refractivity contribution < 1.29 is 4.21 Å². The van der Waals surface area contributed by atoms with Crippen molar-refractivity contribution in [3.63, 3.8) is 0 Å². The highest BCUT2D eigenvalue weighted by Gasteiger charge is 2.29. The fourth-order valence-electron chi connectivity index (χ4n) is 3.66. The lowest BCUT2D eigenvalue weighted by molar-refractivity contribution is 0.646. The van der Waals surface area contributed by atoms with Gasteiger partial charge >= 0.3 is 0 Å². The molecule has 1 aliphatic heterocycles. The summed E-state index contributed by atoms with van der Waals surface area (Å²) >= 11 is 0. The first-order valence-corrected chi connectivity index (χ1v) is 10.8. The van der Waals surface area contributed by atoms with E-state index < -0.39 is 10.8 Å². The van der Waals surface area contributed by atoms with Crippen molar-refractivity contribution in [3.8, 4) is 0 Å². The Bertz CT molecular complexity index is 1000. The molecule has 1 aromatic heterocycles. The maximum absolute atomic E-state index is 13.1. The Balaban J connectivity index is 1.53. The smallest absolute Gasteiger partial charge is 0.0893 e.